The molecule has 1 aromatic carbocycles. The molecule has 2 rings (SSSR count). The smallest absolute Gasteiger partial charge is 0.249 e. The monoisotopic (exact) mass is 250 g/mol. The number of amides is 1. The van der Waals surface area contributed by atoms with Crippen LogP contribution in [0.1, 0.15) is 0 Å². The fourth-order valence-corrected chi connectivity index (χ4v) is 1.55. The Morgan fingerprint density at radius 2 is 2.33 bits per heavy atom. The van der Waals surface area contributed by atoms with Crippen molar-refractivity contribution in [2.24, 2.45) is 5.41 Å². The normalized spacial score (nSPS) is 16.3. The summed E-state index contributed by atoms with van der Waals surface area (Å²) < 4.78 is 23.0. The van der Waals surface area contributed by atoms with Crippen LogP contribution in [0.15, 0.2) is 18.2 Å². The molecule has 1 aromatic rings. The third kappa shape index (κ3) is 2.00. The van der Waals surface area contributed by atoms with Gasteiger partial charge in [-0.15, -0.1) is 0 Å². The second kappa shape index (κ2) is 4.63. The molecule has 0 bridgehead atoms. The Morgan fingerprint density at radius 3 is 2.78 bits per heavy atom. The second-order valence-electron chi connectivity index (χ2n) is 3.99. The van der Waals surface area contributed by atoms with Crippen LogP contribution < -0.4 is 10.1 Å². The van der Waals surface area contributed by atoms with E-state index in [-0.39, 0.29) is 24.7 Å². The molecule has 6 heteroatoms. The van der Waals surface area contributed by atoms with Gasteiger partial charge in [0.2, 0.25) is 5.91 Å². The van der Waals surface area contributed by atoms with Gasteiger partial charge in [-0.05, 0) is 12.1 Å². The van der Waals surface area contributed by atoms with Crippen LogP contribution in [0.25, 0.3) is 0 Å². The number of carbonyl (C=O) groups excluding carboxylic acids is 1. The average molecular weight is 250 g/mol. The first-order valence-corrected chi connectivity index (χ1v) is 5.25. The summed E-state index contributed by atoms with van der Waals surface area (Å²) in [5.41, 5.74) is -0.879. The molecule has 94 valence electrons. The van der Waals surface area contributed by atoms with Crippen LogP contribution in [0.5, 0.6) is 5.75 Å². The van der Waals surface area contributed by atoms with Crippen molar-refractivity contribution in [1.82, 2.24) is 0 Å². The maximum Gasteiger partial charge on any atom is 0.249 e. The van der Waals surface area contributed by atoms with Crippen molar-refractivity contribution in [3.8, 4) is 11.8 Å². The fraction of sp³-hybridized carbons (Fsp3) is 0.333. The third-order valence-corrected chi connectivity index (χ3v) is 2.76. The molecule has 18 heavy (non-hydrogen) atoms. The highest BCUT2D eigenvalue weighted by molar-refractivity contribution is 5.98. The van der Waals surface area contributed by atoms with Crippen molar-refractivity contribution >= 4 is 11.6 Å². The van der Waals surface area contributed by atoms with Crippen LogP contribution in [-0.4, -0.2) is 26.2 Å². The van der Waals surface area contributed by atoms with Crippen molar-refractivity contribution in [2.75, 3.05) is 25.6 Å². The standard InChI is InChI=1S/C12H11FN2O3/c1-17-10-3-2-8(4-9(10)13)15-11(16)12(5-14)6-18-7-12/h2-4H,6-7H2,1H3,(H,15,16). The van der Waals surface area contributed by atoms with Gasteiger partial charge in [0.05, 0.1) is 26.4 Å². The lowest BCUT2D eigenvalue weighted by Crippen LogP contribution is -2.50. The molecule has 1 N–H and O–H groups in total. The molecule has 0 unspecified atom stereocenters. The SMILES string of the molecule is COc1ccc(NC(=O)C2(C#N)COC2)cc1F. The lowest BCUT2D eigenvalue weighted by Gasteiger charge is -2.33. The largest absolute Gasteiger partial charge is 0.494 e. The average Bonchev–Trinajstić information content (AvgIpc) is 2.28. The fourth-order valence-electron chi connectivity index (χ4n) is 1.55. The van der Waals surface area contributed by atoms with Crippen LogP contribution in [0.2, 0.25) is 0 Å². The summed E-state index contributed by atoms with van der Waals surface area (Å²) in [5, 5.41) is 11.4. The topological polar surface area (TPSA) is 71.3 Å². The molecular weight excluding hydrogens is 239 g/mol. The number of benzene rings is 1. The zero-order valence-corrected chi connectivity index (χ0v) is 9.70. The van der Waals surface area contributed by atoms with Crippen LogP contribution in [0.4, 0.5) is 10.1 Å². The van der Waals surface area contributed by atoms with E-state index in [0.717, 1.165) is 6.07 Å². The zero-order valence-electron chi connectivity index (χ0n) is 9.70. The van der Waals surface area contributed by atoms with E-state index in [4.69, 9.17) is 14.7 Å². The van der Waals surface area contributed by atoms with Gasteiger partial charge >= 0.3 is 0 Å². The van der Waals surface area contributed by atoms with Gasteiger partial charge in [-0.3, -0.25) is 4.79 Å². The highest BCUT2D eigenvalue weighted by atomic mass is 19.1. The summed E-state index contributed by atoms with van der Waals surface area (Å²) in [6.45, 7) is 0.127. The summed E-state index contributed by atoms with van der Waals surface area (Å²) in [6.07, 6.45) is 0. The summed E-state index contributed by atoms with van der Waals surface area (Å²) in [4.78, 5) is 11.8. The first-order chi connectivity index (χ1) is 8.61. The number of halogens is 1. The van der Waals surface area contributed by atoms with Crippen molar-refractivity contribution in [3.63, 3.8) is 0 Å². The van der Waals surface area contributed by atoms with Gasteiger partial charge in [-0.2, -0.15) is 5.26 Å². The highest BCUT2D eigenvalue weighted by Gasteiger charge is 2.46. The highest BCUT2D eigenvalue weighted by Crippen LogP contribution is 2.29. The number of carbonyl (C=O) groups is 1. The quantitative estimate of drug-likeness (QED) is 0.878. The van der Waals surface area contributed by atoms with Crippen molar-refractivity contribution in [2.45, 2.75) is 0 Å². The summed E-state index contributed by atoms with van der Waals surface area (Å²) in [7, 11) is 1.35. The molecule has 0 radical (unpaired) electrons. The molecule has 1 fully saturated rings. The number of rotatable bonds is 3. The molecule has 0 aliphatic carbocycles. The van der Waals surface area contributed by atoms with Crippen molar-refractivity contribution in [1.29, 1.82) is 5.26 Å². The van der Waals surface area contributed by atoms with E-state index in [2.05, 4.69) is 5.32 Å². The van der Waals surface area contributed by atoms with E-state index < -0.39 is 17.1 Å². The lowest BCUT2D eigenvalue weighted by atomic mass is 9.87. The molecule has 1 saturated heterocycles. The number of methoxy groups -OCH3 is 1. The number of nitrogens with one attached hydrogen (secondary N) is 1. The minimum absolute atomic E-state index is 0.0635. The molecule has 0 spiro atoms. The van der Waals surface area contributed by atoms with Gasteiger partial charge in [0, 0.05) is 11.8 Å². The van der Waals surface area contributed by atoms with E-state index in [1.165, 1.54) is 19.2 Å². The Kier molecular flexibility index (Phi) is 3.17. The van der Waals surface area contributed by atoms with E-state index in [9.17, 15) is 9.18 Å². The first-order valence-electron chi connectivity index (χ1n) is 5.25. The first kappa shape index (κ1) is 12.3. The van der Waals surface area contributed by atoms with E-state index >= 15 is 0 Å². The molecule has 0 aromatic heterocycles. The van der Waals surface area contributed by atoms with Crippen LogP contribution in [0, 0.1) is 22.6 Å². The van der Waals surface area contributed by atoms with Gasteiger partial charge in [0.25, 0.3) is 0 Å². The van der Waals surface area contributed by atoms with E-state index in [1.807, 2.05) is 6.07 Å². The Hall–Kier alpha value is -2.13. The number of nitrogens with zero attached hydrogens (tertiary/aromatic N) is 1. The molecule has 0 atom stereocenters. The predicted octanol–water partition coefficient (Wildman–Crippen LogP) is 1.31. The van der Waals surface area contributed by atoms with Crippen LogP contribution >= 0.6 is 0 Å². The number of nitriles is 1. The van der Waals surface area contributed by atoms with E-state index in [1.54, 1.807) is 0 Å². The molecule has 0 saturated carbocycles. The van der Waals surface area contributed by atoms with Gasteiger partial charge in [0.1, 0.15) is 0 Å². The number of hydrogen-bond donors (Lipinski definition) is 1. The van der Waals surface area contributed by atoms with Gasteiger partial charge in [-0.1, -0.05) is 0 Å². The third-order valence-electron chi connectivity index (χ3n) is 2.76. The summed E-state index contributed by atoms with van der Waals surface area (Å²) in [6, 6.07) is 5.97. The maximum absolute atomic E-state index is 13.4. The predicted molar refractivity (Wildman–Crippen MR) is 60.4 cm³/mol. The summed E-state index contributed by atoms with van der Waals surface area (Å²) >= 11 is 0. The Balaban J connectivity index is 2.13. The Morgan fingerprint density at radius 1 is 1.61 bits per heavy atom. The van der Waals surface area contributed by atoms with Crippen LogP contribution in [0.3, 0.4) is 0 Å². The van der Waals surface area contributed by atoms with Crippen molar-refractivity contribution < 1.29 is 18.7 Å². The molecule has 1 heterocycles. The van der Waals surface area contributed by atoms with Gasteiger partial charge in [0.15, 0.2) is 17.0 Å². The van der Waals surface area contributed by atoms with E-state index in [0.29, 0.717) is 0 Å². The zero-order chi connectivity index (χ0) is 13.2. The Labute approximate surface area is 103 Å². The molecule has 1 aliphatic heterocycles. The second-order valence-corrected chi connectivity index (χ2v) is 3.99. The molecule has 1 amide bonds. The van der Waals surface area contributed by atoms with Crippen molar-refractivity contribution in [3.05, 3.63) is 24.0 Å². The van der Waals surface area contributed by atoms with Gasteiger partial charge < -0.3 is 14.8 Å². The number of hydrogen-bond acceptors (Lipinski definition) is 4. The van der Waals surface area contributed by atoms with Gasteiger partial charge in [-0.25, -0.2) is 4.39 Å². The minimum Gasteiger partial charge on any atom is -0.494 e. The Bertz CT molecular complexity index is 521. The molecular formula is C12H11FN2O3. The molecule has 1 aliphatic rings. The molecule has 5 nitrogen and oxygen atoms in total. The maximum atomic E-state index is 13.4. The lowest BCUT2D eigenvalue weighted by molar-refractivity contribution is -0.144. The number of ether oxygens (including phenoxy) is 2. The van der Waals surface area contributed by atoms with Crippen LogP contribution in [-0.2, 0) is 9.53 Å². The summed E-state index contributed by atoms with van der Waals surface area (Å²) in [5.74, 6) is -0.970. The number of anilines is 1. The minimum atomic E-state index is -1.16.